The van der Waals surface area contributed by atoms with E-state index in [1.165, 1.54) is 0 Å². The quantitative estimate of drug-likeness (QED) is 0.440. The Hall–Kier alpha value is -3.59. The van der Waals surface area contributed by atoms with Crippen LogP contribution in [0.15, 0.2) is 0 Å². The van der Waals surface area contributed by atoms with Crippen LogP contribution >= 0.6 is 0 Å². The number of fused-ring (bicyclic) bond motifs is 5. The Morgan fingerprint density at radius 2 is 1.81 bits per heavy atom. The topological polar surface area (TPSA) is 121 Å². The summed E-state index contributed by atoms with van der Waals surface area (Å²) in [6, 6.07) is 0.183. The van der Waals surface area contributed by atoms with Gasteiger partial charge in [0.2, 0.25) is 17.8 Å². The fourth-order valence-electron chi connectivity index (χ4n) is 6.90. The highest BCUT2D eigenvalue weighted by molar-refractivity contribution is 5.98. The molecule has 0 aliphatic carbocycles. The van der Waals surface area contributed by atoms with Crippen molar-refractivity contribution < 1.29 is 22.3 Å². The van der Waals surface area contributed by atoms with Crippen LogP contribution in [0.5, 0.6) is 5.88 Å². The standard InChI is InChI=1S/C27H32F4N10O/c1-11-16(27(29,30)31)19(36-24(32)33-11)20-17(28)18-15-22(38-25(37-18)40-9-26(3,10-40)39(4)5)41-8-13-6-7-14(34-13)21(41)12(2)42-23(15)35-20/h12-14,21,34H,6-10H2,1-5H3,(H2,32,33,36)/t12-,13+,14-,21+/m0/s1. The van der Waals surface area contributed by atoms with E-state index >= 15 is 4.39 Å². The molecule has 0 amide bonds. The smallest absolute Gasteiger partial charge is 0.420 e. The highest BCUT2D eigenvalue weighted by Gasteiger charge is 2.48. The summed E-state index contributed by atoms with van der Waals surface area (Å²) in [5.74, 6) is -0.740. The Balaban J connectivity index is 1.49. The van der Waals surface area contributed by atoms with Crippen LogP contribution in [0.25, 0.3) is 22.3 Å². The summed E-state index contributed by atoms with van der Waals surface area (Å²) in [6.07, 6.45) is -3.40. The second-order valence-corrected chi connectivity index (χ2v) is 12.3. The predicted octanol–water partition coefficient (Wildman–Crippen LogP) is 2.76. The van der Waals surface area contributed by atoms with Crippen molar-refractivity contribution >= 4 is 28.6 Å². The van der Waals surface area contributed by atoms with E-state index in [-0.39, 0.29) is 40.4 Å². The predicted molar refractivity (Wildman–Crippen MR) is 148 cm³/mol. The van der Waals surface area contributed by atoms with E-state index in [0.29, 0.717) is 31.4 Å². The lowest BCUT2D eigenvalue weighted by Gasteiger charge is -2.52. The zero-order valence-corrected chi connectivity index (χ0v) is 23.9. The molecule has 4 aliphatic rings. The van der Waals surface area contributed by atoms with Gasteiger partial charge in [0.15, 0.2) is 5.82 Å². The average Bonchev–Trinajstić information content (AvgIpc) is 3.20. The minimum absolute atomic E-state index is 0.0366. The molecule has 3 aromatic rings. The van der Waals surface area contributed by atoms with E-state index < -0.39 is 46.7 Å². The normalized spacial score (nSPS) is 26.2. The molecule has 42 heavy (non-hydrogen) atoms. The van der Waals surface area contributed by atoms with Crippen LogP contribution in [0, 0.1) is 12.7 Å². The number of alkyl halides is 3. The van der Waals surface area contributed by atoms with E-state index in [1.54, 1.807) is 0 Å². The number of hydrogen-bond acceptors (Lipinski definition) is 11. The number of aromatic nitrogens is 5. The molecule has 0 radical (unpaired) electrons. The van der Waals surface area contributed by atoms with Gasteiger partial charge in [-0.3, -0.25) is 0 Å². The number of piperazine rings is 1. The lowest BCUT2D eigenvalue weighted by Crippen LogP contribution is -2.67. The Kier molecular flexibility index (Phi) is 5.81. The lowest BCUT2D eigenvalue weighted by atomic mass is 9.91. The summed E-state index contributed by atoms with van der Waals surface area (Å²) in [5, 5.41) is 3.88. The Morgan fingerprint density at radius 1 is 1.07 bits per heavy atom. The summed E-state index contributed by atoms with van der Waals surface area (Å²) < 4.78 is 65.7. The van der Waals surface area contributed by atoms with Crippen LogP contribution in [-0.2, 0) is 6.18 Å². The van der Waals surface area contributed by atoms with Crippen molar-refractivity contribution in [1.82, 2.24) is 35.1 Å². The van der Waals surface area contributed by atoms with Crippen molar-refractivity contribution in [3.05, 3.63) is 17.1 Å². The van der Waals surface area contributed by atoms with Crippen LogP contribution in [0.3, 0.4) is 0 Å². The highest BCUT2D eigenvalue weighted by Crippen LogP contribution is 2.46. The number of likely N-dealkylation sites (N-methyl/N-ethyl adjacent to an activating group) is 1. The van der Waals surface area contributed by atoms with Gasteiger partial charge in [-0.1, -0.05) is 0 Å². The maximum Gasteiger partial charge on any atom is 0.420 e. The van der Waals surface area contributed by atoms with E-state index in [1.807, 2.05) is 25.9 Å². The first-order valence-electron chi connectivity index (χ1n) is 14.0. The molecule has 224 valence electrons. The largest absolute Gasteiger partial charge is 0.472 e. The molecule has 4 aliphatic heterocycles. The number of nitrogens with one attached hydrogen (secondary N) is 1. The van der Waals surface area contributed by atoms with Gasteiger partial charge in [0, 0.05) is 31.7 Å². The van der Waals surface area contributed by atoms with Crippen LogP contribution < -0.4 is 25.6 Å². The fraction of sp³-hybridized carbons (Fsp3) is 0.593. The van der Waals surface area contributed by atoms with Gasteiger partial charge in [0.1, 0.15) is 39.8 Å². The number of ether oxygens (including phenoxy) is 1. The Morgan fingerprint density at radius 3 is 2.50 bits per heavy atom. The van der Waals surface area contributed by atoms with E-state index in [2.05, 4.69) is 42.0 Å². The van der Waals surface area contributed by atoms with Gasteiger partial charge < -0.3 is 30.5 Å². The monoisotopic (exact) mass is 588 g/mol. The number of halogens is 4. The van der Waals surface area contributed by atoms with Crippen molar-refractivity contribution in [3.63, 3.8) is 0 Å². The van der Waals surface area contributed by atoms with Gasteiger partial charge in [-0.15, -0.1) is 0 Å². The second kappa shape index (κ2) is 8.96. The summed E-state index contributed by atoms with van der Waals surface area (Å²) in [4.78, 5) is 27.6. The molecular weight excluding hydrogens is 556 g/mol. The molecule has 3 aromatic heterocycles. The first-order valence-corrected chi connectivity index (χ1v) is 14.0. The Labute approximate surface area is 239 Å². The summed E-state index contributed by atoms with van der Waals surface area (Å²) >= 11 is 0. The van der Waals surface area contributed by atoms with Crippen molar-refractivity contribution in [3.8, 4) is 17.3 Å². The highest BCUT2D eigenvalue weighted by atomic mass is 19.4. The van der Waals surface area contributed by atoms with Crippen LogP contribution in [-0.4, -0.2) is 93.3 Å². The van der Waals surface area contributed by atoms with E-state index in [9.17, 15) is 13.2 Å². The molecule has 0 unspecified atom stereocenters. The van der Waals surface area contributed by atoms with Gasteiger partial charge in [-0.05, 0) is 47.7 Å². The van der Waals surface area contributed by atoms with Crippen molar-refractivity contribution in [2.75, 3.05) is 49.3 Å². The average molecular weight is 589 g/mol. The third-order valence-electron chi connectivity index (χ3n) is 9.28. The maximum absolute atomic E-state index is 16.6. The van der Waals surface area contributed by atoms with Crippen molar-refractivity contribution in [2.45, 2.75) is 69.6 Å². The zero-order valence-electron chi connectivity index (χ0n) is 23.9. The number of nitrogens with two attached hydrogens (primary N) is 1. The van der Waals surface area contributed by atoms with Crippen LogP contribution in [0.4, 0.5) is 35.3 Å². The molecule has 0 saturated carbocycles. The minimum Gasteiger partial charge on any atom is -0.472 e. The second-order valence-electron chi connectivity index (χ2n) is 12.3. The number of anilines is 3. The summed E-state index contributed by atoms with van der Waals surface area (Å²) in [5.41, 5.74) is 2.40. The molecule has 2 bridgehead atoms. The van der Waals surface area contributed by atoms with Gasteiger partial charge in [-0.25, -0.2) is 24.3 Å². The molecule has 11 nitrogen and oxygen atoms in total. The number of hydrogen-bond donors (Lipinski definition) is 2. The fourth-order valence-corrected chi connectivity index (χ4v) is 6.90. The van der Waals surface area contributed by atoms with Crippen molar-refractivity contribution in [2.24, 2.45) is 0 Å². The molecule has 15 heteroatoms. The number of rotatable bonds is 3. The summed E-state index contributed by atoms with van der Waals surface area (Å²) in [6.45, 7) is 6.97. The van der Waals surface area contributed by atoms with Gasteiger partial charge in [0.05, 0.1) is 17.3 Å². The molecule has 3 fully saturated rings. The number of pyridine rings is 1. The number of nitrogen functional groups attached to an aromatic ring is 1. The maximum atomic E-state index is 16.6. The third kappa shape index (κ3) is 3.96. The minimum atomic E-state index is -4.89. The van der Waals surface area contributed by atoms with Gasteiger partial charge in [0.25, 0.3) is 0 Å². The van der Waals surface area contributed by atoms with E-state index in [0.717, 1.165) is 19.8 Å². The van der Waals surface area contributed by atoms with E-state index in [4.69, 9.17) is 15.5 Å². The molecule has 4 atom stereocenters. The molecule has 0 aromatic carbocycles. The van der Waals surface area contributed by atoms with Gasteiger partial charge in [-0.2, -0.15) is 18.2 Å². The third-order valence-corrected chi connectivity index (χ3v) is 9.28. The number of nitrogens with zero attached hydrogens (tertiary/aromatic N) is 8. The molecular formula is C27H32F4N10O. The molecule has 7 heterocycles. The zero-order chi connectivity index (χ0) is 29.9. The van der Waals surface area contributed by atoms with Crippen LogP contribution in [0.2, 0.25) is 0 Å². The number of aryl methyl sites for hydroxylation is 1. The van der Waals surface area contributed by atoms with Crippen LogP contribution in [0.1, 0.15) is 37.9 Å². The molecule has 0 spiro atoms. The molecule has 3 N–H and O–H groups in total. The van der Waals surface area contributed by atoms with Gasteiger partial charge >= 0.3 is 6.18 Å². The first-order chi connectivity index (χ1) is 19.7. The molecule has 3 saturated heterocycles. The van der Waals surface area contributed by atoms with Crippen molar-refractivity contribution in [1.29, 1.82) is 0 Å². The first kappa shape index (κ1) is 27.3. The lowest BCUT2D eigenvalue weighted by molar-refractivity contribution is -0.138. The molecule has 7 rings (SSSR count). The summed E-state index contributed by atoms with van der Waals surface area (Å²) in [7, 11) is 3.98. The SMILES string of the molecule is Cc1nc(N)nc(-c2nc3c4c(nc(N5CC(C)(N(C)C)C5)nc4c2F)N2C[C@H]4CC[C@H](N4)[C@H]2[C@H](C)O3)c1C(F)(F)F. The Bertz CT molecular complexity index is 1610.